The normalized spacial score (nSPS) is 16.0. The minimum absolute atomic E-state index is 0.109. The molecule has 2 heterocycles. The number of carbonyl (C=O) groups is 2. The van der Waals surface area contributed by atoms with Crippen molar-refractivity contribution in [2.75, 3.05) is 11.9 Å². The number of likely N-dealkylation sites (tertiary alicyclic amines) is 1. The molecule has 1 aromatic heterocycles. The molecule has 1 N–H and O–H groups in total. The Morgan fingerprint density at radius 1 is 1.23 bits per heavy atom. The zero-order valence-electron chi connectivity index (χ0n) is 19.9. The number of amides is 2. The fourth-order valence-corrected chi connectivity index (χ4v) is 4.45. The molecule has 0 radical (unpaired) electrons. The van der Waals surface area contributed by atoms with Gasteiger partial charge in [-0.1, -0.05) is 43.7 Å². The van der Waals surface area contributed by atoms with Crippen molar-refractivity contribution in [3.8, 4) is 6.07 Å². The van der Waals surface area contributed by atoms with Crippen LogP contribution in [0.2, 0.25) is 5.02 Å². The van der Waals surface area contributed by atoms with Gasteiger partial charge in [0.25, 0.3) is 11.8 Å². The second kappa shape index (κ2) is 10.7. The number of allylic oxidation sites excluding steroid dienone is 1. The fourth-order valence-electron chi connectivity index (χ4n) is 4.32. The number of fused-ring (bicyclic) bond motifs is 1. The van der Waals surface area contributed by atoms with Gasteiger partial charge in [-0.2, -0.15) is 5.26 Å². The van der Waals surface area contributed by atoms with Gasteiger partial charge in [-0.3, -0.25) is 14.9 Å². The third kappa shape index (κ3) is 5.55. The van der Waals surface area contributed by atoms with E-state index >= 15 is 0 Å². The minimum Gasteiger partial charge on any atom is -0.333 e. The molecule has 1 unspecified atom stereocenters. The number of halogens is 1. The summed E-state index contributed by atoms with van der Waals surface area (Å²) in [5, 5.41) is 13.1. The van der Waals surface area contributed by atoms with Gasteiger partial charge in [-0.05, 0) is 61.6 Å². The number of carbonyl (C=O) groups excluding carboxylic acids is 2. The Balaban J connectivity index is 1.61. The van der Waals surface area contributed by atoms with E-state index in [1.165, 1.54) is 0 Å². The van der Waals surface area contributed by atoms with Crippen LogP contribution in [0.4, 0.5) is 5.95 Å². The highest BCUT2D eigenvalue weighted by molar-refractivity contribution is 6.30. The second-order valence-corrected chi connectivity index (χ2v) is 9.59. The average Bonchev–Trinajstić information content (AvgIpc) is 3.44. The highest BCUT2D eigenvalue weighted by Gasteiger charge is 2.32. The first-order valence-electron chi connectivity index (χ1n) is 11.8. The van der Waals surface area contributed by atoms with Gasteiger partial charge >= 0.3 is 0 Å². The van der Waals surface area contributed by atoms with Crippen LogP contribution in [0.1, 0.15) is 43.5 Å². The molecule has 1 saturated heterocycles. The summed E-state index contributed by atoms with van der Waals surface area (Å²) >= 11 is 5.95. The summed E-state index contributed by atoms with van der Waals surface area (Å²) < 4.78 is 1.95. The van der Waals surface area contributed by atoms with Gasteiger partial charge in [0.1, 0.15) is 11.6 Å². The van der Waals surface area contributed by atoms with Gasteiger partial charge in [0.2, 0.25) is 5.95 Å². The molecular formula is C27H28ClN5O2. The Kier molecular flexibility index (Phi) is 7.52. The van der Waals surface area contributed by atoms with Crippen molar-refractivity contribution in [1.82, 2.24) is 14.5 Å². The number of anilines is 1. The molecule has 1 fully saturated rings. The zero-order valence-corrected chi connectivity index (χ0v) is 20.6. The van der Waals surface area contributed by atoms with Crippen LogP contribution in [0.15, 0.2) is 60.2 Å². The quantitative estimate of drug-likeness (QED) is 0.354. The van der Waals surface area contributed by atoms with E-state index in [1.54, 1.807) is 35.2 Å². The van der Waals surface area contributed by atoms with Gasteiger partial charge in [-0.15, -0.1) is 0 Å². The van der Waals surface area contributed by atoms with Crippen molar-refractivity contribution in [3.63, 3.8) is 0 Å². The molecule has 3 aromatic rings. The van der Waals surface area contributed by atoms with Crippen LogP contribution < -0.4 is 5.32 Å². The average molecular weight is 490 g/mol. The molecule has 7 nitrogen and oxygen atoms in total. The highest BCUT2D eigenvalue weighted by Crippen LogP contribution is 2.27. The lowest BCUT2D eigenvalue weighted by atomic mass is 10.1. The summed E-state index contributed by atoms with van der Waals surface area (Å²) in [5.74, 6) is 0.263. The van der Waals surface area contributed by atoms with Crippen LogP contribution in [-0.2, 0) is 11.3 Å². The molecule has 2 amide bonds. The van der Waals surface area contributed by atoms with Crippen LogP contribution in [0.3, 0.4) is 0 Å². The maximum Gasteiger partial charge on any atom is 0.264 e. The van der Waals surface area contributed by atoms with Gasteiger partial charge in [0.05, 0.1) is 17.1 Å². The van der Waals surface area contributed by atoms with Crippen molar-refractivity contribution in [3.05, 3.63) is 70.8 Å². The molecule has 35 heavy (non-hydrogen) atoms. The maximum absolute atomic E-state index is 13.2. The van der Waals surface area contributed by atoms with Crippen LogP contribution >= 0.6 is 11.6 Å². The topological polar surface area (TPSA) is 91.0 Å². The Morgan fingerprint density at radius 3 is 2.69 bits per heavy atom. The van der Waals surface area contributed by atoms with Gasteiger partial charge < -0.3 is 9.47 Å². The first-order chi connectivity index (χ1) is 16.9. The monoisotopic (exact) mass is 489 g/mol. The largest absolute Gasteiger partial charge is 0.333 e. The van der Waals surface area contributed by atoms with Crippen molar-refractivity contribution in [2.45, 2.75) is 45.7 Å². The number of rotatable bonds is 7. The predicted octanol–water partition coefficient (Wildman–Crippen LogP) is 5.43. The van der Waals surface area contributed by atoms with E-state index in [-0.39, 0.29) is 23.4 Å². The summed E-state index contributed by atoms with van der Waals surface area (Å²) in [7, 11) is 0. The predicted molar refractivity (Wildman–Crippen MR) is 137 cm³/mol. The van der Waals surface area contributed by atoms with Gasteiger partial charge in [0, 0.05) is 23.7 Å². The zero-order chi connectivity index (χ0) is 24.9. The molecule has 180 valence electrons. The summed E-state index contributed by atoms with van der Waals surface area (Å²) in [6.45, 7) is 5.17. The number of aromatic nitrogens is 2. The van der Waals surface area contributed by atoms with E-state index in [0.717, 1.165) is 23.9 Å². The molecular weight excluding hydrogens is 462 g/mol. The van der Waals surface area contributed by atoms with E-state index in [1.807, 2.05) is 28.8 Å². The van der Waals surface area contributed by atoms with Gasteiger partial charge in [0.15, 0.2) is 0 Å². The fraction of sp³-hybridized carbons (Fsp3) is 0.333. The lowest BCUT2D eigenvalue weighted by Crippen LogP contribution is -2.39. The molecule has 1 aliphatic rings. The molecule has 8 heteroatoms. The summed E-state index contributed by atoms with van der Waals surface area (Å²) in [6, 6.07) is 16.3. The Hall–Kier alpha value is -3.63. The highest BCUT2D eigenvalue weighted by atomic mass is 35.5. The minimum atomic E-state index is -0.291. The van der Waals surface area contributed by atoms with E-state index in [2.05, 4.69) is 30.2 Å². The first-order valence-corrected chi connectivity index (χ1v) is 12.2. The smallest absolute Gasteiger partial charge is 0.264 e. The molecule has 0 spiro atoms. The molecule has 0 aliphatic carbocycles. The van der Waals surface area contributed by atoms with Gasteiger partial charge in [-0.25, -0.2) is 4.98 Å². The lowest BCUT2D eigenvalue weighted by Gasteiger charge is -2.26. The number of para-hydroxylation sites is 2. The van der Waals surface area contributed by atoms with E-state index in [9.17, 15) is 14.9 Å². The second-order valence-electron chi connectivity index (χ2n) is 9.15. The van der Waals surface area contributed by atoms with Crippen molar-refractivity contribution in [2.24, 2.45) is 5.92 Å². The Labute approximate surface area is 210 Å². The maximum atomic E-state index is 13.2. The number of imidazole rings is 1. The molecule has 1 atom stereocenters. The van der Waals surface area contributed by atoms with E-state index in [4.69, 9.17) is 11.6 Å². The standard InChI is InChI=1S/C27H28ClN5O2/c1-18(2)9-10-20(16-29)26(35)32-15-5-6-22(32)17-33-24-8-4-3-7-23(24)30-27(33)31-25(34)19-11-13-21(28)14-12-19/h3-4,7-8,10-14,18,22H,5-6,9,15,17H2,1-2H3,(H,30,31,34)/b20-10+. The van der Waals surface area contributed by atoms with Crippen LogP contribution in [0.25, 0.3) is 11.0 Å². The lowest BCUT2D eigenvalue weighted by molar-refractivity contribution is -0.127. The number of nitrogens with one attached hydrogen (secondary N) is 1. The third-order valence-electron chi connectivity index (χ3n) is 6.16. The molecule has 2 aromatic carbocycles. The Bertz CT molecular complexity index is 1300. The van der Waals surface area contributed by atoms with E-state index < -0.39 is 0 Å². The van der Waals surface area contributed by atoms with Crippen LogP contribution in [-0.4, -0.2) is 38.9 Å². The van der Waals surface area contributed by atoms with E-state index in [0.29, 0.717) is 42.0 Å². The number of hydrogen-bond donors (Lipinski definition) is 1. The third-order valence-corrected chi connectivity index (χ3v) is 6.41. The van der Waals surface area contributed by atoms with Crippen molar-refractivity contribution >= 4 is 40.4 Å². The van der Waals surface area contributed by atoms with Crippen molar-refractivity contribution in [1.29, 1.82) is 5.26 Å². The molecule has 1 aliphatic heterocycles. The molecule has 0 saturated carbocycles. The molecule has 0 bridgehead atoms. The number of nitrogens with zero attached hydrogens (tertiary/aromatic N) is 4. The van der Waals surface area contributed by atoms with Crippen molar-refractivity contribution < 1.29 is 9.59 Å². The summed E-state index contributed by atoms with van der Waals surface area (Å²) in [6.07, 6.45) is 4.09. The summed E-state index contributed by atoms with van der Waals surface area (Å²) in [5.41, 5.74) is 2.29. The number of hydrogen-bond acceptors (Lipinski definition) is 4. The SMILES string of the molecule is CC(C)C/C=C(\C#N)C(=O)N1CCCC1Cn1c(NC(=O)c2ccc(Cl)cc2)nc2ccccc21. The first kappa shape index (κ1) is 24.5. The number of benzene rings is 2. The van der Waals surface area contributed by atoms with Crippen LogP contribution in [0.5, 0.6) is 0 Å². The summed E-state index contributed by atoms with van der Waals surface area (Å²) in [4.78, 5) is 32.5. The number of nitriles is 1. The molecule has 4 rings (SSSR count). The Morgan fingerprint density at radius 2 is 1.97 bits per heavy atom. The van der Waals surface area contributed by atoms with Crippen LogP contribution in [0, 0.1) is 17.2 Å².